The lowest BCUT2D eigenvalue weighted by Gasteiger charge is -2.20. The van der Waals surface area contributed by atoms with Crippen LogP contribution in [-0.2, 0) is 0 Å². The zero-order valence-electron chi connectivity index (χ0n) is 17.0. The molecule has 2 nitrogen and oxygen atoms in total. The fraction of sp³-hybridized carbons (Fsp3) is 0.200. The summed E-state index contributed by atoms with van der Waals surface area (Å²) in [6, 6.07) is 15.8. The van der Waals surface area contributed by atoms with Crippen LogP contribution < -0.4 is 5.46 Å². The van der Waals surface area contributed by atoms with Gasteiger partial charge in [-0.25, -0.2) is 0 Å². The van der Waals surface area contributed by atoms with Crippen molar-refractivity contribution < 1.29 is 10.0 Å². The summed E-state index contributed by atoms with van der Waals surface area (Å²) in [4.78, 5) is 0. The molecule has 0 aliphatic rings. The normalized spacial score (nSPS) is 12.9. The molecular weight excluding hydrogens is 343 g/mol. The van der Waals surface area contributed by atoms with Crippen LogP contribution in [0.2, 0.25) is 0 Å². The molecule has 0 spiro atoms. The van der Waals surface area contributed by atoms with E-state index in [-0.39, 0.29) is 5.41 Å². The van der Waals surface area contributed by atoms with Crippen LogP contribution in [0, 0.1) is 5.41 Å². The molecule has 3 aromatic rings. The van der Waals surface area contributed by atoms with Crippen molar-refractivity contribution in [2.24, 2.45) is 5.41 Å². The Hall–Kier alpha value is -2.62. The van der Waals surface area contributed by atoms with Crippen molar-refractivity contribution in [3.8, 4) is 0 Å². The largest absolute Gasteiger partial charge is 0.489 e. The van der Waals surface area contributed by atoms with Crippen molar-refractivity contribution in [3.05, 3.63) is 84.5 Å². The van der Waals surface area contributed by atoms with E-state index in [1.807, 2.05) is 55.5 Å². The number of fused-ring (bicyclic) bond motifs is 2. The molecule has 0 aliphatic heterocycles. The topological polar surface area (TPSA) is 40.5 Å². The van der Waals surface area contributed by atoms with Crippen LogP contribution in [0.25, 0.3) is 27.1 Å². The van der Waals surface area contributed by atoms with E-state index in [1.54, 1.807) is 0 Å². The summed E-state index contributed by atoms with van der Waals surface area (Å²) in [7, 11) is -1.53. The number of hydrogen-bond donors (Lipinski definition) is 2. The van der Waals surface area contributed by atoms with Gasteiger partial charge in [-0.3, -0.25) is 0 Å². The first-order valence-electron chi connectivity index (χ1n) is 9.59. The van der Waals surface area contributed by atoms with Gasteiger partial charge in [-0.1, -0.05) is 94.1 Å². The minimum Gasteiger partial charge on any atom is -0.423 e. The van der Waals surface area contributed by atoms with E-state index in [0.717, 1.165) is 38.3 Å². The molecule has 28 heavy (non-hydrogen) atoms. The van der Waals surface area contributed by atoms with Crippen molar-refractivity contribution >= 4 is 39.7 Å². The van der Waals surface area contributed by atoms with Gasteiger partial charge >= 0.3 is 7.12 Å². The fourth-order valence-electron chi connectivity index (χ4n) is 3.52. The van der Waals surface area contributed by atoms with Gasteiger partial charge in [0.05, 0.1) is 0 Å². The van der Waals surface area contributed by atoms with E-state index in [1.165, 1.54) is 0 Å². The van der Waals surface area contributed by atoms with Gasteiger partial charge in [-0.05, 0) is 56.1 Å². The molecule has 0 unspecified atom stereocenters. The highest BCUT2D eigenvalue weighted by Crippen LogP contribution is 2.34. The minimum atomic E-state index is -1.53. The molecule has 3 rings (SSSR count). The van der Waals surface area contributed by atoms with Crippen molar-refractivity contribution in [2.45, 2.75) is 27.7 Å². The Kier molecular flexibility index (Phi) is 5.60. The predicted molar refractivity (Wildman–Crippen MR) is 123 cm³/mol. The maximum atomic E-state index is 10.1. The number of benzene rings is 3. The molecule has 0 amide bonds. The highest BCUT2D eigenvalue weighted by molar-refractivity contribution is 6.65. The Morgan fingerprint density at radius 2 is 1.32 bits per heavy atom. The smallest absolute Gasteiger partial charge is 0.423 e. The molecule has 0 fully saturated rings. The summed E-state index contributed by atoms with van der Waals surface area (Å²) in [5, 5.41) is 23.9. The van der Waals surface area contributed by atoms with Crippen LogP contribution >= 0.6 is 0 Å². The van der Waals surface area contributed by atoms with Crippen molar-refractivity contribution in [3.63, 3.8) is 0 Å². The minimum absolute atomic E-state index is 0.00431. The molecule has 0 radical (unpaired) electrons. The average Bonchev–Trinajstić information content (AvgIpc) is 2.66. The van der Waals surface area contributed by atoms with Crippen LogP contribution in [-0.4, -0.2) is 17.2 Å². The lowest BCUT2D eigenvalue weighted by molar-refractivity contribution is 0.426. The SMILES string of the molecule is C=C(/C=C\C(=C/C)c1c2ccccc2c(B(O)O)c2ccccc12)C(C)(C)C. The standard InChI is InChI=1S/C25H27BO2/c1-6-18(16-15-17(2)25(3,4)5)23-19-11-7-9-13-21(19)24(26(27)28)22-14-10-8-12-20(22)23/h6-16,27-28H,2H2,1,3-5H3/b16-15-,18-6+. The van der Waals surface area contributed by atoms with Crippen LogP contribution in [0.4, 0.5) is 0 Å². The third-order valence-corrected chi connectivity index (χ3v) is 5.26. The van der Waals surface area contributed by atoms with Crippen molar-refractivity contribution in [1.82, 2.24) is 0 Å². The van der Waals surface area contributed by atoms with Gasteiger partial charge < -0.3 is 10.0 Å². The third kappa shape index (κ3) is 3.69. The van der Waals surface area contributed by atoms with Gasteiger partial charge in [-0.15, -0.1) is 0 Å². The van der Waals surface area contributed by atoms with E-state index >= 15 is 0 Å². The average molecular weight is 370 g/mol. The van der Waals surface area contributed by atoms with E-state index in [4.69, 9.17) is 0 Å². The molecule has 0 atom stereocenters. The Labute approximate surface area is 167 Å². The maximum absolute atomic E-state index is 10.1. The Morgan fingerprint density at radius 1 is 0.857 bits per heavy atom. The highest BCUT2D eigenvalue weighted by atomic mass is 16.4. The Morgan fingerprint density at radius 3 is 1.71 bits per heavy atom. The second-order valence-electron chi connectivity index (χ2n) is 8.11. The van der Waals surface area contributed by atoms with Gasteiger partial charge in [0.25, 0.3) is 0 Å². The van der Waals surface area contributed by atoms with E-state index in [9.17, 15) is 10.0 Å². The second-order valence-corrected chi connectivity index (χ2v) is 8.11. The first-order valence-corrected chi connectivity index (χ1v) is 9.59. The molecule has 0 bridgehead atoms. The van der Waals surface area contributed by atoms with Crippen LogP contribution in [0.15, 0.2) is 78.9 Å². The van der Waals surface area contributed by atoms with Gasteiger partial charge in [0.15, 0.2) is 0 Å². The number of allylic oxidation sites excluding steroid dienone is 5. The van der Waals surface area contributed by atoms with E-state index < -0.39 is 7.12 Å². The predicted octanol–water partition coefficient (Wildman–Crippen LogP) is 5.23. The van der Waals surface area contributed by atoms with Crippen molar-refractivity contribution in [2.75, 3.05) is 0 Å². The Bertz CT molecular complexity index is 1040. The molecule has 0 saturated heterocycles. The first-order chi connectivity index (χ1) is 13.3. The molecular formula is C25H27BO2. The molecule has 0 aromatic heterocycles. The second kappa shape index (κ2) is 7.79. The van der Waals surface area contributed by atoms with Gasteiger partial charge in [0.2, 0.25) is 0 Å². The summed E-state index contributed by atoms with van der Waals surface area (Å²) in [6.07, 6.45) is 6.28. The summed E-state index contributed by atoms with van der Waals surface area (Å²) in [5.41, 5.74) is 3.79. The highest BCUT2D eigenvalue weighted by Gasteiger charge is 2.22. The number of hydrogen-bond acceptors (Lipinski definition) is 2. The molecule has 3 aromatic carbocycles. The molecule has 0 aliphatic carbocycles. The quantitative estimate of drug-likeness (QED) is 0.375. The van der Waals surface area contributed by atoms with Gasteiger partial charge in [-0.2, -0.15) is 0 Å². The zero-order valence-corrected chi connectivity index (χ0v) is 17.0. The molecule has 3 heteroatoms. The third-order valence-electron chi connectivity index (χ3n) is 5.26. The van der Waals surface area contributed by atoms with Gasteiger partial charge in [0, 0.05) is 0 Å². The van der Waals surface area contributed by atoms with Crippen molar-refractivity contribution in [1.29, 1.82) is 0 Å². The summed E-state index contributed by atoms with van der Waals surface area (Å²) < 4.78 is 0. The summed E-state index contributed by atoms with van der Waals surface area (Å²) in [6.45, 7) is 12.7. The van der Waals surface area contributed by atoms with Crippen LogP contribution in [0.5, 0.6) is 0 Å². The lowest BCUT2D eigenvalue weighted by atomic mass is 9.72. The van der Waals surface area contributed by atoms with E-state index in [0.29, 0.717) is 5.46 Å². The zero-order chi connectivity index (χ0) is 20.5. The van der Waals surface area contributed by atoms with Crippen LogP contribution in [0.1, 0.15) is 33.3 Å². The number of rotatable bonds is 4. The van der Waals surface area contributed by atoms with E-state index in [2.05, 4.69) is 45.6 Å². The molecule has 2 N–H and O–H groups in total. The lowest BCUT2D eigenvalue weighted by Crippen LogP contribution is -2.31. The molecule has 142 valence electrons. The molecule has 0 saturated carbocycles. The van der Waals surface area contributed by atoms with Crippen LogP contribution in [0.3, 0.4) is 0 Å². The first kappa shape index (κ1) is 20.1. The summed E-state index contributed by atoms with van der Waals surface area (Å²) in [5.74, 6) is 0. The maximum Gasteiger partial charge on any atom is 0.489 e. The fourth-order valence-corrected chi connectivity index (χ4v) is 3.52. The monoisotopic (exact) mass is 370 g/mol. The molecule has 0 heterocycles. The summed E-state index contributed by atoms with van der Waals surface area (Å²) >= 11 is 0. The Balaban J connectivity index is 2.35. The van der Waals surface area contributed by atoms with Gasteiger partial charge in [0.1, 0.15) is 0 Å².